The van der Waals surface area contributed by atoms with Crippen LogP contribution >= 0.6 is 0 Å². The third-order valence-corrected chi connectivity index (χ3v) is 4.08. The number of benzene rings is 1. The lowest BCUT2D eigenvalue weighted by molar-refractivity contribution is -0.176. The number of fused-ring (bicyclic) bond motifs is 1. The van der Waals surface area contributed by atoms with E-state index < -0.39 is 12.8 Å². The molecule has 8 nitrogen and oxygen atoms in total. The molecule has 1 N–H and O–H groups in total. The van der Waals surface area contributed by atoms with Gasteiger partial charge in [0, 0.05) is 13.6 Å². The smallest absolute Gasteiger partial charge is 0.367 e. The molecule has 0 bridgehead atoms. The first-order valence-electron chi connectivity index (χ1n) is 8.59. The largest absolute Gasteiger partial charge is 0.411 e. The Morgan fingerprint density at radius 1 is 1.21 bits per heavy atom. The predicted octanol–water partition coefficient (Wildman–Crippen LogP) is 1.53. The van der Waals surface area contributed by atoms with Crippen molar-refractivity contribution in [3.63, 3.8) is 0 Å². The molecular formula is C18H18F3N5O3. The van der Waals surface area contributed by atoms with Gasteiger partial charge in [-0.15, -0.1) is 0 Å². The predicted molar refractivity (Wildman–Crippen MR) is 96.8 cm³/mol. The highest BCUT2D eigenvalue weighted by atomic mass is 19.4. The van der Waals surface area contributed by atoms with Crippen LogP contribution in [0, 0.1) is 0 Å². The summed E-state index contributed by atoms with van der Waals surface area (Å²) in [5.41, 5.74) is 1.42. The van der Waals surface area contributed by atoms with Gasteiger partial charge in [0.05, 0.1) is 12.8 Å². The van der Waals surface area contributed by atoms with E-state index >= 15 is 0 Å². The number of carbonyl (C=O) groups is 1. The van der Waals surface area contributed by atoms with Gasteiger partial charge in [-0.1, -0.05) is 24.3 Å². The van der Waals surface area contributed by atoms with Crippen LogP contribution in [0.3, 0.4) is 0 Å². The summed E-state index contributed by atoms with van der Waals surface area (Å²) in [6, 6.07) is 6.62. The Morgan fingerprint density at radius 3 is 2.59 bits per heavy atom. The van der Waals surface area contributed by atoms with Crippen LogP contribution in [0.5, 0.6) is 0 Å². The monoisotopic (exact) mass is 409 g/mol. The fourth-order valence-electron chi connectivity index (χ4n) is 2.63. The molecular weight excluding hydrogens is 391 g/mol. The summed E-state index contributed by atoms with van der Waals surface area (Å²) in [7, 11) is 1.67. The number of nitrogens with zero attached hydrogens (tertiary/aromatic N) is 4. The van der Waals surface area contributed by atoms with Crippen LogP contribution in [-0.4, -0.2) is 38.0 Å². The van der Waals surface area contributed by atoms with Gasteiger partial charge in [-0.3, -0.25) is 18.8 Å². The summed E-state index contributed by atoms with van der Waals surface area (Å²) in [5.74, 6) is -0.380. The summed E-state index contributed by atoms with van der Waals surface area (Å²) in [4.78, 5) is 28.6. The molecule has 0 saturated heterocycles. The van der Waals surface area contributed by atoms with E-state index in [1.165, 1.54) is 21.8 Å². The van der Waals surface area contributed by atoms with Crippen LogP contribution in [0.15, 0.2) is 41.6 Å². The maximum absolute atomic E-state index is 12.3. The lowest BCUT2D eigenvalue weighted by Crippen LogP contribution is -2.32. The molecule has 0 unspecified atom stereocenters. The van der Waals surface area contributed by atoms with Crippen molar-refractivity contribution in [2.75, 3.05) is 6.61 Å². The lowest BCUT2D eigenvalue weighted by atomic mass is 10.1. The van der Waals surface area contributed by atoms with E-state index in [-0.39, 0.29) is 31.2 Å². The third-order valence-electron chi connectivity index (χ3n) is 4.08. The average Bonchev–Trinajstić information content (AvgIpc) is 3.04. The molecule has 11 heteroatoms. The number of rotatable bonds is 7. The van der Waals surface area contributed by atoms with E-state index in [1.807, 2.05) is 0 Å². The molecule has 2 heterocycles. The maximum atomic E-state index is 12.3. The number of aromatic nitrogens is 4. The van der Waals surface area contributed by atoms with Crippen molar-refractivity contribution < 1.29 is 22.7 Å². The van der Waals surface area contributed by atoms with Crippen LogP contribution in [-0.2, 0) is 36.3 Å². The van der Waals surface area contributed by atoms with E-state index in [0.717, 1.165) is 5.56 Å². The van der Waals surface area contributed by atoms with Gasteiger partial charge in [0.1, 0.15) is 24.9 Å². The fourth-order valence-corrected chi connectivity index (χ4v) is 2.63. The molecule has 1 aromatic carbocycles. The topological polar surface area (TPSA) is 91.0 Å². The van der Waals surface area contributed by atoms with E-state index in [4.69, 9.17) is 0 Å². The Labute approximate surface area is 162 Å². The molecule has 0 radical (unpaired) electrons. The fraction of sp³-hybridized carbons (Fsp3) is 0.333. The van der Waals surface area contributed by atoms with E-state index in [2.05, 4.69) is 20.1 Å². The number of ether oxygens (including phenoxy) is 1. The van der Waals surface area contributed by atoms with Gasteiger partial charge in [0.15, 0.2) is 5.65 Å². The standard InChI is InChI=1S/C18H18F3N5O3/c1-25-16-14(7-24-25)17(28)26(11-23-16)8-15(27)22-6-12-2-4-13(5-3-12)9-29-10-18(19,20)21/h2-5,7,11H,6,8-10H2,1H3,(H,22,27). The van der Waals surface area contributed by atoms with Gasteiger partial charge >= 0.3 is 6.18 Å². The zero-order valence-electron chi connectivity index (χ0n) is 15.4. The summed E-state index contributed by atoms with van der Waals surface area (Å²) >= 11 is 0. The Morgan fingerprint density at radius 2 is 1.90 bits per heavy atom. The highest BCUT2D eigenvalue weighted by molar-refractivity contribution is 5.77. The number of amides is 1. The molecule has 0 atom stereocenters. The minimum Gasteiger partial charge on any atom is -0.367 e. The van der Waals surface area contributed by atoms with Gasteiger partial charge in [0.25, 0.3) is 5.56 Å². The van der Waals surface area contributed by atoms with Crippen LogP contribution < -0.4 is 10.9 Å². The maximum Gasteiger partial charge on any atom is 0.411 e. The van der Waals surface area contributed by atoms with Crippen molar-refractivity contribution in [2.24, 2.45) is 7.05 Å². The van der Waals surface area contributed by atoms with Crippen molar-refractivity contribution in [3.05, 3.63) is 58.3 Å². The van der Waals surface area contributed by atoms with Crippen LogP contribution in [0.25, 0.3) is 11.0 Å². The minimum atomic E-state index is -4.36. The summed E-state index contributed by atoms with van der Waals surface area (Å²) in [6.07, 6.45) is -1.66. The van der Waals surface area contributed by atoms with Gasteiger partial charge < -0.3 is 10.1 Å². The lowest BCUT2D eigenvalue weighted by Gasteiger charge is -2.09. The van der Waals surface area contributed by atoms with E-state index in [1.54, 1.807) is 31.3 Å². The number of aryl methyl sites for hydroxylation is 1. The van der Waals surface area contributed by atoms with Gasteiger partial charge in [-0.05, 0) is 11.1 Å². The molecule has 0 aliphatic rings. The quantitative estimate of drug-likeness (QED) is 0.639. The molecule has 29 heavy (non-hydrogen) atoms. The molecule has 0 spiro atoms. The summed E-state index contributed by atoms with van der Waals surface area (Å²) in [6.45, 7) is -1.44. The van der Waals surface area contributed by atoms with Crippen molar-refractivity contribution >= 4 is 16.9 Å². The molecule has 154 valence electrons. The van der Waals surface area contributed by atoms with Crippen LogP contribution in [0.2, 0.25) is 0 Å². The van der Waals surface area contributed by atoms with Crippen LogP contribution in [0.1, 0.15) is 11.1 Å². The second-order valence-electron chi connectivity index (χ2n) is 6.38. The highest BCUT2D eigenvalue weighted by Gasteiger charge is 2.27. The van der Waals surface area contributed by atoms with Gasteiger partial charge in [-0.2, -0.15) is 18.3 Å². The Bertz CT molecular complexity index is 1060. The van der Waals surface area contributed by atoms with Crippen molar-refractivity contribution in [1.82, 2.24) is 24.6 Å². The molecule has 0 aliphatic carbocycles. The van der Waals surface area contributed by atoms with Crippen molar-refractivity contribution in [3.8, 4) is 0 Å². The molecule has 0 fully saturated rings. The Balaban J connectivity index is 1.52. The number of hydrogen-bond acceptors (Lipinski definition) is 5. The molecule has 2 aromatic heterocycles. The SMILES string of the molecule is Cn1ncc2c(=O)n(CC(=O)NCc3ccc(COCC(F)(F)F)cc3)cnc21. The second kappa shape index (κ2) is 8.43. The van der Waals surface area contributed by atoms with Crippen molar-refractivity contribution in [1.29, 1.82) is 0 Å². The number of alkyl halides is 3. The third kappa shape index (κ3) is 5.41. The van der Waals surface area contributed by atoms with E-state index in [0.29, 0.717) is 16.6 Å². The van der Waals surface area contributed by atoms with Gasteiger partial charge in [0.2, 0.25) is 5.91 Å². The number of hydrogen-bond donors (Lipinski definition) is 1. The normalized spacial score (nSPS) is 11.7. The van der Waals surface area contributed by atoms with Gasteiger partial charge in [-0.25, -0.2) is 4.98 Å². The Kier molecular flexibility index (Phi) is 5.97. The minimum absolute atomic E-state index is 0.154. The zero-order valence-corrected chi connectivity index (χ0v) is 15.4. The summed E-state index contributed by atoms with van der Waals surface area (Å²) in [5, 5.41) is 6.97. The molecule has 0 aliphatic heterocycles. The molecule has 1 amide bonds. The number of carbonyl (C=O) groups excluding carboxylic acids is 1. The first kappa shape index (κ1) is 20.5. The number of halogens is 3. The second-order valence-corrected chi connectivity index (χ2v) is 6.38. The van der Waals surface area contributed by atoms with Crippen molar-refractivity contribution in [2.45, 2.75) is 25.9 Å². The number of nitrogens with one attached hydrogen (secondary N) is 1. The molecule has 3 aromatic rings. The summed E-state index contributed by atoms with van der Waals surface area (Å²) < 4.78 is 43.4. The zero-order chi connectivity index (χ0) is 21.0. The van der Waals surface area contributed by atoms with Crippen LogP contribution in [0.4, 0.5) is 13.2 Å². The highest BCUT2D eigenvalue weighted by Crippen LogP contribution is 2.15. The first-order chi connectivity index (χ1) is 13.7. The Hall–Kier alpha value is -3.21. The first-order valence-corrected chi connectivity index (χ1v) is 8.59. The molecule has 3 rings (SSSR count). The average molecular weight is 409 g/mol. The molecule has 0 saturated carbocycles. The van der Waals surface area contributed by atoms with E-state index in [9.17, 15) is 22.8 Å².